The van der Waals surface area contributed by atoms with Gasteiger partial charge in [0.05, 0.1) is 18.0 Å². The molecule has 1 heterocycles. The molecule has 0 saturated heterocycles. The SMILES string of the molecule is O=C(O)CC(Cc1ccccc1)C(=O)Nc1nc(-c2cccc(Cl)c2)cs1. The number of thiazole rings is 1. The number of nitrogens with zero attached hydrogens (tertiary/aromatic N) is 1. The van der Waals surface area contributed by atoms with Crippen LogP contribution in [0, 0.1) is 5.92 Å². The molecule has 1 aromatic heterocycles. The highest BCUT2D eigenvalue weighted by Crippen LogP contribution is 2.27. The van der Waals surface area contributed by atoms with E-state index < -0.39 is 11.9 Å². The molecule has 7 heteroatoms. The standard InChI is InChI=1S/C20H17ClN2O3S/c21-16-8-4-7-14(10-16)17-12-27-20(22-17)23-19(26)15(11-18(24)25)9-13-5-2-1-3-6-13/h1-8,10,12,15H,9,11H2,(H,24,25)(H,22,23,26). The number of hydrogen-bond donors (Lipinski definition) is 2. The number of aliphatic carboxylic acids is 1. The van der Waals surface area contributed by atoms with Crippen LogP contribution >= 0.6 is 22.9 Å². The topological polar surface area (TPSA) is 79.3 Å². The molecule has 0 aliphatic rings. The Morgan fingerprint density at radius 1 is 1.15 bits per heavy atom. The monoisotopic (exact) mass is 400 g/mol. The second kappa shape index (κ2) is 8.79. The zero-order valence-corrected chi connectivity index (χ0v) is 15.8. The molecular formula is C20H17ClN2O3S. The molecule has 1 amide bonds. The molecule has 0 aliphatic heterocycles. The number of nitrogens with one attached hydrogen (secondary N) is 1. The van der Waals surface area contributed by atoms with Crippen LogP contribution in [-0.2, 0) is 16.0 Å². The third-order valence-electron chi connectivity index (χ3n) is 3.97. The first kappa shape index (κ1) is 19.1. The van der Waals surface area contributed by atoms with Crippen LogP contribution in [0.5, 0.6) is 0 Å². The summed E-state index contributed by atoms with van der Waals surface area (Å²) in [4.78, 5) is 28.2. The van der Waals surface area contributed by atoms with Crippen LogP contribution in [0.15, 0.2) is 60.0 Å². The van der Waals surface area contributed by atoms with Gasteiger partial charge in [0.1, 0.15) is 0 Å². The second-order valence-corrected chi connectivity index (χ2v) is 7.32. The van der Waals surface area contributed by atoms with Gasteiger partial charge in [0.15, 0.2) is 5.13 Å². The number of amides is 1. The van der Waals surface area contributed by atoms with Gasteiger partial charge < -0.3 is 10.4 Å². The summed E-state index contributed by atoms with van der Waals surface area (Å²) < 4.78 is 0. The third-order valence-corrected chi connectivity index (χ3v) is 4.96. The average Bonchev–Trinajstić information content (AvgIpc) is 3.10. The fourth-order valence-electron chi connectivity index (χ4n) is 2.69. The number of carboxylic acid groups (broad SMARTS) is 1. The van der Waals surface area contributed by atoms with E-state index in [1.54, 1.807) is 12.1 Å². The fraction of sp³-hybridized carbons (Fsp3) is 0.150. The molecule has 2 N–H and O–H groups in total. The molecule has 1 unspecified atom stereocenters. The van der Waals surface area contributed by atoms with Gasteiger partial charge in [-0.2, -0.15) is 0 Å². The second-order valence-electron chi connectivity index (χ2n) is 6.02. The van der Waals surface area contributed by atoms with Crippen molar-refractivity contribution in [3.8, 4) is 11.3 Å². The number of rotatable bonds is 7. The molecule has 1 atom stereocenters. The number of aromatic nitrogens is 1. The van der Waals surface area contributed by atoms with Gasteiger partial charge in [-0.05, 0) is 24.1 Å². The lowest BCUT2D eigenvalue weighted by Crippen LogP contribution is -2.27. The van der Waals surface area contributed by atoms with Crippen molar-refractivity contribution in [2.75, 3.05) is 5.32 Å². The van der Waals surface area contributed by atoms with E-state index in [0.717, 1.165) is 11.1 Å². The number of carbonyl (C=O) groups is 2. The zero-order chi connectivity index (χ0) is 19.2. The van der Waals surface area contributed by atoms with E-state index >= 15 is 0 Å². The van der Waals surface area contributed by atoms with Crippen LogP contribution in [0.2, 0.25) is 5.02 Å². The van der Waals surface area contributed by atoms with Crippen LogP contribution in [0.3, 0.4) is 0 Å². The van der Waals surface area contributed by atoms with E-state index in [-0.39, 0.29) is 12.3 Å². The smallest absolute Gasteiger partial charge is 0.304 e. The van der Waals surface area contributed by atoms with E-state index in [4.69, 9.17) is 16.7 Å². The molecule has 0 saturated carbocycles. The Bertz CT molecular complexity index is 943. The minimum atomic E-state index is -1.01. The largest absolute Gasteiger partial charge is 0.481 e. The summed E-state index contributed by atoms with van der Waals surface area (Å²) in [6, 6.07) is 16.7. The molecule has 138 valence electrons. The van der Waals surface area contributed by atoms with E-state index in [2.05, 4.69) is 10.3 Å². The van der Waals surface area contributed by atoms with Crippen LogP contribution in [0.4, 0.5) is 5.13 Å². The Morgan fingerprint density at radius 3 is 2.63 bits per heavy atom. The summed E-state index contributed by atoms with van der Waals surface area (Å²) in [7, 11) is 0. The Balaban J connectivity index is 1.72. The summed E-state index contributed by atoms with van der Waals surface area (Å²) >= 11 is 7.29. The Morgan fingerprint density at radius 2 is 1.93 bits per heavy atom. The number of carboxylic acids is 1. The van der Waals surface area contributed by atoms with Crippen molar-refractivity contribution in [2.45, 2.75) is 12.8 Å². The van der Waals surface area contributed by atoms with Crippen molar-refractivity contribution in [3.63, 3.8) is 0 Å². The lowest BCUT2D eigenvalue weighted by Gasteiger charge is -2.14. The van der Waals surface area contributed by atoms with Crippen molar-refractivity contribution < 1.29 is 14.7 Å². The van der Waals surface area contributed by atoms with Crippen LogP contribution in [0.1, 0.15) is 12.0 Å². The maximum absolute atomic E-state index is 12.6. The molecule has 0 radical (unpaired) electrons. The summed E-state index contributed by atoms with van der Waals surface area (Å²) in [5.74, 6) is -2.04. The number of hydrogen-bond acceptors (Lipinski definition) is 4. The molecule has 0 fully saturated rings. The van der Waals surface area contributed by atoms with Gasteiger partial charge in [-0.15, -0.1) is 11.3 Å². The maximum atomic E-state index is 12.6. The van der Waals surface area contributed by atoms with Crippen molar-refractivity contribution in [1.82, 2.24) is 4.98 Å². The Hall–Kier alpha value is -2.70. The summed E-state index contributed by atoms with van der Waals surface area (Å²) in [5.41, 5.74) is 2.47. The normalized spacial score (nSPS) is 11.7. The lowest BCUT2D eigenvalue weighted by atomic mass is 9.95. The predicted octanol–water partition coefficient (Wildman–Crippen LogP) is 4.74. The third kappa shape index (κ3) is 5.39. The van der Waals surface area contributed by atoms with Crippen LogP contribution in [-0.4, -0.2) is 22.0 Å². The molecule has 5 nitrogen and oxygen atoms in total. The Labute approximate surface area is 165 Å². The number of carbonyl (C=O) groups excluding carboxylic acids is 1. The molecule has 0 aliphatic carbocycles. The first-order valence-corrected chi connectivity index (χ1v) is 9.55. The first-order chi connectivity index (χ1) is 13.0. The minimum Gasteiger partial charge on any atom is -0.481 e. The van der Waals surface area contributed by atoms with Crippen LogP contribution in [0.25, 0.3) is 11.3 Å². The van der Waals surface area contributed by atoms with Gasteiger partial charge in [-0.3, -0.25) is 9.59 Å². The first-order valence-electron chi connectivity index (χ1n) is 8.29. The van der Waals surface area contributed by atoms with Crippen molar-refractivity contribution in [2.24, 2.45) is 5.92 Å². The summed E-state index contributed by atoms with van der Waals surface area (Å²) in [5, 5.41) is 14.8. The number of anilines is 1. The maximum Gasteiger partial charge on any atom is 0.304 e. The summed E-state index contributed by atoms with van der Waals surface area (Å²) in [6.07, 6.45) is 0.110. The van der Waals surface area contributed by atoms with Gasteiger partial charge in [0.25, 0.3) is 0 Å². The summed E-state index contributed by atoms with van der Waals surface area (Å²) in [6.45, 7) is 0. The van der Waals surface area contributed by atoms with Crippen molar-refractivity contribution in [3.05, 3.63) is 70.6 Å². The van der Waals surface area contributed by atoms with E-state index in [0.29, 0.717) is 22.3 Å². The highest BCUT2D eigenvalue weighted by molar-refractivity contribution is 7.14. The Kier molecular flexibility index (Phi) is 6.21. The van der Waals surface area contributed by atoms with E-state index in [1.165, 1.54) is 11.3 Å². The number of benzene rings is 2. The van der Waals surface area contributed by atoms with Gasteiger partial charge in [0, 0.05) is 16.0 Å². The highest BCUT2D eigenvalue weighted by atomic mass is 35.5. The van der Waals surface area contributed by atoms with Crippen molar-refractivity contribution >= 4 is 39.9 Å². The van der Waals surface area contributed by atoms with Gasteiger partial charge in [-0.25, -0.2) is 4.98 Å². The van der Waals surface area contributed by atoms with Gasteiger partial charge in [0.2, 0.25) is 5.91 Å². The number of halogens is 1. The quantitative estimate of drug-likeness (QED) is 0.600. The van der Waals surface area contributed by atoms with Crippen LogP contribution < -0.4 is 5.32 Å². The van der Waals surface area contributed by atoms with E-state index in [9.17, 15) is 9.59 Å². The van der Waals surface area contributed by atoms with E-state index in [1.807, 2.05) is 47.8 Å². The zero-order valence-electron chi connectivity index (χ0n) is 14.3. The van der Waals surface area contributed by atoms with Gasteiger partial charge in [-0.1, -0.05) is 54.1 Å². The molecule has 27 heavy (non-hydrogen) atoms. The molecule has 0 spiro atoms. The molecule has 3 aromatic rings. The highest BCUT2D eigenvalue weighted by Gasteiger charge is 2.23. The predicted molar refractivity (Wildman–Crippen MR) is 107 cm³/mol. The molecule has 0 bridgehead atoms. The average molecular weight is 401 g/mol. The minimum absolute atomic E-state index is 0.243. The van der Waals surface area contributed by atoms with Gasteiger partial charge >= 0.3 is 5.97 Å². The molecule has 2 aromatic carbocycles. The molecular weight excluding hydrogens is 384 g/mol. The fourth-order valence-corrected chi connectivity index (χ4v) is 3.60. The lowest BCUT2D eigenvalue weighted by molar-refractivity contribution is -0.140. The van der Waals surface area contributed by atoms with Crippen molar-refractivity contribution in [1.29, 1.82) is 0 Å². The molecule has 3 rings (SSSR count).